The van der Waals surface area contributed by atoms with Crippen LogP contribution in [0.4, 0.5) is 0 Å². The molecule has 3 nitrogen and oxygen atoms in total. The Hall–Kier alpha value is -0.0900. The van der Waals surface area contributed by atoms with Crippen LogP contribution < -0.4 is 0 Å². The molecule has 0 aromatic rings. The summed E-state index contributed by atoms with van der Waals surface area (Å²) in [6.07, 6.45) is 8.96. The van der Waals surface area contributed by atoms with Gasteiger partial charge >= 0.3 is 0 Å². The summed E-state index contributed by atoms with van der Waals surface area (Å²) in [5.41, 5.74) is 0. The van der Waals surface area contributed by atoms with Crippen LogP contribution in [0.1, 0.15) is 79.1 Å². The molecule has 0 saturated carbocycles. The molecule has 0 N–H and O–H groups in total. The van der Waals surface area contributed by atoms with E-state index < -0.39 is 10.1 Å². The maximum absolute atomic E-state index is 10.5. The normalized spacial score (nSPS) is 15.5. The molecule has 0 heterocycles. The summed E-state index contributed by atoms with van der Waals surface area (Å²) in [5.74, 6) is 1.92. The van der Waals surface area contributed by atoms with Crippen LogP contribution in [0.25, 0.3) is 0 Å². The van der Waals surface area contributed by atoms with Crippen LogP contribution >= 0.6 is 0 Å². The fraction of sp³-hybridized carbons (Fsp3) is 1.00. The van der Waals surface area contributed by atoms with Crippen molar-refractivity contribution in [3.63, 3.8) is 0 Å². The van der Waals surface area contributed by atoms with Gasteiger partial charge in [-0.05, 0) is 30.6 Å². The minimum Gasteiger partial charge on any atom is -0.748 e. The van der Waals surface area contributed by atoms with E-state index in [0.29, 0.717) is 12.3 Å². The van der Waals surface area contributed by atoms with E-state index in [1.54, 1.807) is 0 Å². The van der Waals surface area contributed by atoms with E-state index >= 15 is 0 Å². The van der Waals surface area contributed by atoms with Crippen molar-refractivity contribution in [3.8, 4) is 0 Å². The van der Waals surface area contributed by atoms with Gasteiger partial charge in [-0.1, -0.05) is 66.2 Å². The molecule has 0 aromatic heterocycles. The lowest BCUT2D eigenvalue weighted by Gasteiger charge is -2.15. The first kappa shape index (κ1) is 19.9. The number of hydrogen-bond acceptors (Lipinski definition) is 3. The summed E-state index contributed by atoms with van der Waals surface area (Å²) in [7, 11) is -4.02. The van der Waals surface area contributed by atoms with E-state index in [9.17, 15) is 13.0 Å². The zero-order valence-corrected chi connectivity index (χ0v) is 14.5. The van der Waals surface area contributed by atoms with Gasteiger partial charge in [-0.25, -0.2) is 8.42 Å². The second-order valence-corrected chi connectivity index (χ2v) is 8.39. The molecule has 0 spiro atoms. The van der Waals surface area contributed by atoms with Gasteiger partial charge in [-0.2, -0.15) is 0 Å². The highest BCUT2D eigenvalue weighted by atomic mass is 32.2. The third-order valence-electron chi connectivity index (χ3n) is 3.96. The highest BCUT2D eigenvalue weighted by Crippen LogP contribution is 2.20. The van der Waals surface area contributed by atoms with E-state index in [1.165, 1.54) is 32.1 Å². The summed E-state index contributed by atoms with van der Waals surface area (Å²) in [6.45, 7) is 9.03. The van der Waals surface area contributed by atoms with E-state index in [2.05, 4.69) is 27.7 Å². The molecular weight excluding hydrogens is 272 g/mol. The molecule has 0 fully saturated rings. The van der Waals surface area contributed by atoms with Gasteiger partial charge in [-0.15, -0.1) is 0 Å². The van der Waals surface area contributed by atoms with Gasteiger partial charge in [0.05, 0.1) is 10.1 Å². The summed E-state index contributed by atoms with van der Waals surface area (Å²) >= 11 is 0. The van der Waals surface area contributed by atoms with E-state index in [4.69, 9.17) is 0 Å². The number of hydrogen-bond donors (Lipinski definition) is 0. The predicted octanol–water partition coefficient (Wildman–Crippen LogP) is 4.58. The largest absolute Gasteiger partial charge is 0.748 e. The average Bonchev–Trinajstić information content (AvgIpc) is 2.26. The fourth-order valence-corrected chi connectivity index (χ4v) is 3.11. The average molecular weight is 306 g/mol. The molecular formula is C16H33O3S-. The smallest absolute Gasteiger partial charge is 0.0945 e. The van der Waals surface area contributed by atoms with Crippen molar-refractivity contribution in [2.24, 2.45) is 17.8 Å². The molecule has 0 rings (SSSR count). The molecule has 0 aliphatic rings. The van der Waals surface area contributed by atoms with Gasteiger partial charge in [0.15, 0.2) is 0 Å². The minimum atomic E-state index is -4.02. The Bertz CT molecular complexity index is 323. The highest BCUT2D eigenvalue weighted by Gasteiger charge is 2.07. The monoisotopic (exact) mass is 305 g/mol. The minimum absolute atomic E-state index is 0.205. The molecule has 0 amide bonds. The zero-order valence-electron chi connectivity index (χ0n) is 13.7. The first-order chi connectivity index (χ1) is 9.20. The fourth-order valence-electron chi connectivity index (χ4n) is 2.59. The lowest BCUT2D eigenvalue weighted by Crippen LogP contribution is -2.06. The van der Waals surface area contributed by atoms with Crippen LogP contribution in [0.15, 0.2) is 0 Å². The summed E-state index contributed by atoms with van der Waals surface area (Å²) in [4.78, 5) is 0. The molecule has 2 unspecified atom stereocenters. The molecule has 2 atom stereocenters. The molecule has 0 saturated heterocycles. The highest BCUT2D eigenvalue weighted by molar-refractivity contribution is 7.85. The van der Waals surface area contributed by atoms with Crippen molar-refractivity contribution in [2.45, 2.75) is 79.1 Å². The molecule has 122 valence electrons. The maximum atomic E-state index is 10.5. The first-order valence-corrected chi connectivity index (χ1v) is 9.72. The molecule has 0 aromatic carbocycles. The maximum Gasteiger partial charge on any atom is 0.0945 e. The molecule has 20 heavy (non-hydrogen) atoms. The molecule has 4 heteroatoms. The standard InChI is InChI=1S/C16H34O3S/c1-14(2)8-5-9-15(3)10-6-11-16(4)12-7-13-20(17,18)19/h14-16H,5-13H2,1-4H3,(H,17,18,19)/p-1. The van der Waals surface area contributed by atoms with Crippen molar-refractivity contribution >= 4 is 10.1 Å². The van der Waals surface area contributed by atoms with Gasteiger partial charge in [0.25, 0.3) is 0 Å². The Labute approximate surface area is 126 Å². The van der Waals surface area contributed by atoms with Crippen molar-refractivity contribution in [1.82, 2.24) is 0 Å². The third-order valence-corrected chi connectivity index (χ3v) is 4.75. The van der Waals surface area contributed by atoms with Crippen LogP contribution in [-0.4, -0.2) is 18.7 Å². The topological polar surface area (TPSA) is 57.2 Å². The molecule has 0 radical (unpaired) electrons. The van der Waals surface area contributed by atoms with Crippen LogP contribution in [-0.2, 0) is 10.1 Å². The second kappa shape index (κ2) is 10.6. The number of rotatable bonds is 12. The van der Waals surface area contributed by atoms with Crippen LogP contribution in [0.3, 0.4) is 0 Å². The first-order valence-electron chi connectivity index (χ1n) is 8.14. The Kier molecular flexibility index (Phi) is 10.6. The summed E-state index contributed by atoms with van der Waals surface area (Å²) < 4.78 is 31.5. The van der Waals surface area contributed by atoms with Crippen LogP contribution in [0, 0.1) is 17.8 Å². The zero-order chi connectivity index (χ0) is 15.6. The summed E-state index contributed by atoms with van der Waals surface area (Å²) in [5, 5.41) is 0. The Balaban J connectivity index is 3.53. The van der Waals surface area contributed by atoms with Crippen molar-refractivity contribution in [2.75, 3.05) is 5.75 Å². The Morgan fingerprint density at radius 1 is 0.750 bits per heavy atom. The van der Waals surface area contributed by atoms with Crippen molar-refractivity contribution < 1.29 is 13.0 Å². The Morgan fingerprint density at radius 3 is 1.55 bits per heavy atom. The van der Waals surface area contributed by atoms with Crippen molar-refractivity contribution in [1.29, 1.82) is 0 Å². The van der Waals surface area contributed by atoms with E-state index in [1.807, 2.05) is 0 Å². The van der Waals surface area contributed by atoms with Gasteiger partial charge in [0.1, 0.15) is 0 Å². The second-order valence-electron chi connectivity index (χ2n) is 6.87. The van der Waals surface area contributed by atoms with E-state index in [0.717, 1.165) is 24.7 Å². The van der Waals surface area contributed by atoms with Crippen molar-refractivity contribution in [3.05, 3.63) is 0 Å². The van der Waals surface area contributed by atoms with Gasteiger partial charge < -0.3 is 4.55 Å². The summed E-state index contributed by atoms with van der Waals surface area (Å²) in [6, 6.07) is 0. The van der Waals surface area contributed by atoms with Crippen LogP contribution in [0.5, 0.6) is 0 Å². The van der Waals surface area contributed by atoms with E-state index in [-0.39, 0.29) is 5.75 Å². The van der Waals surface area contributed by atoms with Gasteiger partial charge in [0.2, 0.25) is 0 Å². The predicted molar refractivity (Wildman–Crippen MR) is 84.7 cm³/mol. The van der Waals surface area contributed by atoms with Gasteiger partial charge in [0, 0.05) is 5.75 Å². The molecule has 0 aliphatic heterocycles. The lowest BCUT2D eigenvalue weighted by atomic mass is 9.92. The third kappa shape index (κ3) is 14.3. The Morgan fingerprint density at radius 2 is 1.15 bits per heavy atom. The molecule has 0 bridgehead atoms. The van der Waals surface area contributed by atoms with Crippen LogP contribution in [0.2, 0.25) is 0 Å². The lowest BCUT2D eigenvalue weighted by molar-refractivity contribution is 0.390. The SMILES string of the molecule is CC(C)CCCC(C)CCCC(C)CCCS(=O)(=O)[O-]. The quantitative estimate of drug-likeness (QED) is 0.496. The van der Waals surface area contributed by atoms with Gasteiger partial charge in [-0.3, -0.25) is 0 Å². The molecule has 0 aliphatic carbocycles.